The second-order valence-electron chi connectivity index (χ2n) is 4.48. The summed E-state index contributed by atoms with van der Waals surface area (Å²) in [6.07, 6.45) is 0.254. The Bertz CT molecular complexity index is 400. The summed E-state index contributed by atoms with van der Waals surface area (Å²) in [5.41, 5.74) is 0.833. The fourth-order valence-electron chi connectivity index (χ4n) is 1.95. The van der Waals surface area contributed by atoms with Crippen LogP contribution in [-0.4, -0.2) is 35.2 Å². The van der Waals surface area contributed by atoms with E-state index in [0.29, 0.717) is 22.8 Å². The highest BCUT2D eigenvalue weighted by molar-refractivity contribution is 6.32. The van der Waals surface area contributed by atoms with E-state index in [0.717, 1.165) is 18.8 Å². The van der Waals surface area contributed by atoms with Gasteiger partial charge in [0.2, 0.25) is 0 Å². The summed E-state index contributed by atoms with van der Waals surface area (Å²) in [5.74, 6) is 0. The third-order valence-corrected chi connectivity index (χ3v) is 3.53. The lowest BCUT2D eigenvalue weighted by Gasteiger charge is -2.36. The van der Waals surface area contributed by atoms with Gasteiger partial charge in [-0.2, -0.15) is 0 Å². The second kappa shape index (κ2) is 5.53. The van der Waals surface area contributed by atoms with Crippen LogP contribution in [0.15, 0.2) is 12.1 Å². The zero-order valence-corrected chi connectivity index (χ0v) is 11.5. The van der Waals surface area contributed by atoms with Gasteiger partial charge in [0.15, 0.2) is 0 Å². The van der Waals surface area contributed by atoms with Crippen LogP contribution in [0.1, 0.15) is 19.5 Å². The quantitative estimate of drug-likeness (QED) is 0.776. The summed E-state index contributed by atoms with van der Waals surface area (Å²) in [7, 11) is 0. The third-order valence-electron chi connectivity index (χ3n) is 2.97. The van der Waals surface area contributed by atoms with Crippen LogP contribution in [0.25, 0.3) is 0 Å². The molecule has 0 bridgehead atoms. The van der Waals surface area contributed by atoms with Crippen LogP contribution >= 0.6 is 23.2 Å². The molecule has 1 aromatic rings. The molecule has 1 fully saturated rings. The SMILES string of the molecule is CC1CN(Cc2nc(Cl)ccc2Cl)C(C)CO1. The van der Waals surface area contributed by atoms with Crippen LogP contribution in [0, 0.1) is 0 Å². The summed E-state index contributed by atoms with van der Waals surface area (Å²) in [4.78, 5) is 6.60. The van der Waals surface area contributed by atoms with Gasteiger partial charge in [-0.1, -0.05) is 23.2 Å². The average molecular weight is 275 g/mol. The molecule has 3 nitrogen and oxygen atoms in total. The van der Waals surface area contributed by atoms with Gasteiger partial charge in [-0.25, -0.2) is 4.98 Å². The van der Waals surface area contributed by atoms with Crippen molar-refractivity contribution in [2.75, 3.05) is 13.2 Å². The van der Waals surface area contributed by atoms with E-state index in [2.05, 4.69) is 23.7 Å². The molecule has 1 aliphatic heterocycles. The molecule has 0 aliphatic carbocycles. The van der Waals surface area contributed by atoms with E-state index in [-0.39, 0.29) is 6.10 Å². The smallest absolute Gasteiger partial charge is 0.129 e. The number of rotatable bonds is 2. The number of ether oxygens (including phenoxy) is 1. The number of morpholine rings is 1. The Hall–Kier alpha value is -0.350. The van der Waals surface area contributed by atoms with Crippen molar-refractivity contribution in [1.29, 1.82) is 0 Å². The van der Waals surface area contributed by atoms with E-state index in [1.807, 2.05) is 0 Å². The van der Waals surface area contributed by atoms with Crippen LogP contribution in [0.3, 0.4) is 0 Å². The van der Waals surface area contributed by atoms with Crippen LogP contribution in [0.2, 0.25) is 10.2 Å². The van der Waals surface area contributed by atoms with Gasteiger partial charge in [-0.05, 0) is 26.0 Å². The molecule has 1 aliphatic rings. The van der Waals surface area contributed by atoms with Crippen molar-refractivity contribution in [2.45, 2.75) is 32.5 Å². The zero-order chi connectivity index (χ0) is 12.4. The van der Waals surface area contributed by atoms with Crippen molar-refractivity contribution in [2.24, 2.45) is 0 Å². The second-order valence-corrected chi connectivity index (χ2v) is 5.28. The van der Waals surface area contributed by atoms with Gasteiger partial charge < -0.3 is 4.74 Å². The van der Waals surface area contributed by atoms with Gasteiger partial charge in [0.25, 0.3) is 0 Å². The zero-order valence-electron chi connectivity index (χ0n) is 9.99. The normalized spacial score (nSPS) is 26.1. The van der Waals surface area contributed by atoms with Crippen LogP contribution in [-0.2, 0) is 11.3 Å². The number of halogens is 2. The predicted octanol–water partition coefficient (Wildman–Crippen LogP) is 3.00. The first-order valence-electron chi connectivity index (χ1n) is 5.73. The minimum absolute atomic E-state index is 0.254. The minimum atomic E-state index is 0.254. The molecule has 1 saturated heterocycles. The summed E-state index contributed by atoms with van der Waals surface area (Å²) >= 11 is 12.0. The number of hydrogen-bond donors (Lipinski definition) is 0. The maximum absolute atomic E-state index is 6.12. The number of pyridine rings is 1. The van der Waals surface area contributed by atoms with Crippen molar-refractivity contribution in [1.82, 2.24) is 9.88 Å². The highest BCUT2D eigenvalue weighted by atomic mass is 35.5. The van der Waals surface area contributed by atoms with Crippen molar-refractivity contribution in [3.63, 3.8) is 0 Å². The van der Waals surface area contributed by atoms with Crippen molar-refractivity contribution < 1.29 is 4.74 Å². The molecular formula is C12H16Cl2N2O. The largest absolute Gasteiger partial charge is 0.376 e. The standard InChI is InChI=1S/C12H16Cl2N2O/c1-8-7-17-9(2)5-16(8)6-11-10(13)3-4-12(14)15-11/h3-4,8-9H,5-7H2,1-2H3. The Morgan fingerprint density at radius 3 is 2.94 bits per heavy atom. The average Bonchev–Trinajstić information content (AvgIpc) is 2.28. The molecule has 0 amide bonds. The van der Waals surface area contributed by atoms with Crippen molar-refractivity contribution in [3.8, 4) is 0 Å². The van der Waals surface area contributed by atoms with E-state index in [4.69, 9.17) is 27.9 Å². The van der Waals surface area contributed by atoms with Gasteiger partial charge in [0.1, 0.15) is 5.15 Å². The molecule has 2 unspecified atom stereocenters. The fourth-order valence-corrected chi connectivity index (χ4v) is 2.28. The Balaban J connectivity index is 2.11. The first-order chi connectivity index (χ1) is 8.06. The third kappa shape index (κ3) is 3.32. The van der Waals surface area contributed by atoms with Crippen molar-refractivity contribution >= 4 is 23.2 Å². The van der Waals surface area contributed by atoms with E-state index in [9.17, 15) is 0 Å². The predicted molar refractivity (Wildman–Crippen MR) is 69.5 cm³/mol. The Kier molecular flexibility index (Phi) is 4.26. The van der Waals surface area contributed by atoms with E-state index < -0.39 is 0 Å². The molecular weight excluding hydrogens is 259 g/mol. The summed E-state index contributed by atoms with van der Waals surface area (Å²) in [6, 6.07) is 3.88. The topological polar surface area (TPSA) is 25.4 Å². The first kappa shape index (κ1) is 13.1. The van der Waals surface area contributed by atoms with Gasteiger partial charge in [0, 0.05) is 19.1 Å². The highest BCUT2D eigenvalue weighted by Gasteiger charge is 2.24. The first-order valence-corrected chi connectivity index (χ1v) is 6.48. The summed E-state index contributed by atoms with van der Waals surface area (Å²) in [6.45, 7) is 6.58. The van der Waals surface area contributed by atoms with Gasteiger partial charge in [-0.3, -0.25) is 4.90 Å². The Morgan fingerprint density at radius 1 is 1.41 bits per heavy atom. The molecule has 0 aromatic carbocycles. The van der Waals surface area contributed by atoms with Gasteiger partial charge in [0.05, 0.1) is 23.4 Å². The molecule has 17 heavy (non-hydrogen) atoms. The van der Waals surface area contributed by atoms with E-state index in [1.165, 1.54) is 0 Å². The monoisotopic (exact) mass is 274 g/mol. The van der Waals surface area contributed by atoms with Crippen LogP contribution < -0.4 is 0 Å². The van der Waals surface area contributed by atoms with Crippen LogP contribution in [0.5, 0.6) is 0 Å². The van der Waals surface area contributed by atoms with Gasteiger partial charge in [-0.15, -0.1) is 0 Å². The lowest BCUT2D eigenvalue weighted by molar-refractivity contribution is -0.0530. The van der Waals surface area contributed by atoms with E-state index >= 15 is 0 Å². The van der Waals surface area contributed by atoms with Crippen molar-refractivity contribution in [3.05, 3.63) is 28.0 Å². The molecule has 2 rings (SSSR count). The highest BCUT2D eigenvalue weighted by Crippen LogP contribution is 2.21. The lowest BCUT2D eigenvalue weighted by Crippen LogP contribution is -2.46. The molecule has 0 N–H and O–H groups in total. The molecule has 2 atom stereocenters. The fraction of sp³-hybridized carbons (Fsp3) is 0.583. The minimum Gasteiger partial charge on any atom is -0.376 e. The number of nitrogens with zero attached hydrogens (tertiary/aromatic N) is 2. The molecule has 5 heteroatoms. The summed E-state index contributed by atoms with van der Waals surface area (Å²) < 4.78 is 5.59. The van der Waals surface area contributed by atoms with Crippen LogP contribution in [0.4, 0.5) is 0 Å². The number of aromatic nitrogens is 1. The molecule has 0 radical (unpaired) electrons. The maximum Gasteiger partial charge on any atom is 0.129 e. The van der Waals surface area contributed by atoms with Gasteiger partial charge >= 0.3 is 0 Å². The molecule has 0 saturated carbocycles. The molecule has 2 heterocycles. The summed E-state index contributed by atoms with van der Waals surface area (Å²) in [5, 5.41) is 1.15. The lowest BCUT2D eigenvalue weighted by atomic mass is 10.2. The Labute approximate surface area is 112 Å². The number of hydrogen-bond acceptors (Lipinski definition) is 3. The molecule has 94 valence electrons. The Morgan fingerprint density at radius 2 is 2.18 bits per heavy atom. The van der Waals surface area contributed by atoms with E-state index in [1.54, 1.807) is 12.1 Å². The molecule has 1 aromatic heterocycles. The maximum atomic E-state index is 6.12. The molecule has 0 spiro atoms.